The molecule has 0 saturated carbocycles. The first-order valence-corrected chi connectivity index (χ1v) is 8.51. The number of fused-ring (bicyclic) bond motifs is 1. The molecule has 7 heteroatoms. The van der Waals surface area contributed by atoms with Crippen molar-refractivity contribution in [2.45, 2.75) is 19.9 Å². The van der Waals surface area contributed by atoms with Crippen molar-refractivity contribution in [3.05, 3.63) is 36.2 Å². The van der Waals surface area contributed by atoms with Crippen molar-refractivity contribution >= 4 is 11.5 Å². The summed E-state index contributed by atoms with van der Waals surface area (Å²) in [5.74, 6) is 1.56. The molecule has 0 aromatic carbocycles. The molecule has 0 bridgehead atoms. The van der Waals surface area contributed by atoms with Crippen LogP contribution in [0.1, 0.15) is 12.6 Å². The Morgan fingerprint density at radius 1 is 1.28 bits per heavy atom. The van der Waals surface area contributed by atoms with Crippen LogP contribution in [0.15, 0.2) is 30.5 Å². The van der Waals surface area contributed by atoms with E-state index in [1.807, 2.05) is 29.6 Å². The highest BCUT2D eigenvalue weighted by Crippen LogP contribution is 2.27. The number of ether oxygens (including phenoxy) is 1. The number of aromatic nitrogens is 4. The summed E-state index contributed by atoms with van der Waals surface area (Å²) in [5, 5.41) is 8.34. The molecule has 0 radical (unpaired) electrons. The Kier molecular flexibility index (Phi) is 4.01. The van der Waals surface area contributed by atoms with Crippen molar-refractivity contribution in [3.63, 3.8) is 0 Å². The van der Waals surface area contributed by atoms with E-state index in [1.54, 1.807) is 13.3 Å². The lowest BCUT2D eigenvalue weighted by Gasteiger charge is -2.32. The molecule has 0 aliphatic carbocycles. The summed E-state index contributed by atoms with van der Waals surface area (Å²) in [6.07, 6.45) is 1.74. The van der Waals surface area contributed by atoms with Gasteiger partial charge < -0.3 is 15.0 Å². The zero-order chi connectivity index (χ0) is 17.4. The first-order valence-electron chi connectivity index (χ1n) is 8.51. The van der Waals surface area contributed by atoms with Crippen LogP contribution in [-0.2, 0) is 0 Å². The van der Waals surface area contributed by atoms with Crippen molar-refractivity contribution in [1.29, 1.82) is 0 Å². The molecule has 3 aromatic rings. The number of imidazole rings is 1. The minimum Gasteiger partial charge on any atom is -0.481 e. The summed E-state index contributed by atoms with van der Waals surface area (Å²) < 4.78 is 7.18. The molecule has 1 fully saturated rings. The maximum Gasteiger partial charge on any atom is 0.213 e. The standard InChI is InChI=1S/C18H22N6O/c1-12-11-23(9-8-19-12)16-5-4-15-21-13(2)18(24(15)22-16)14-6-7-20-17(10-14)25-3/h4-7,10,12,19H,8-9,11H2,1-3H3. The van der Waals surface area contributed by atoms with Gasteiger partial charge in [0.15, 0.2) is 5.65 Å². The number of nitrogens with zero attached hydrogens (tertiary/aromatic N) is 5. The van der Waals surface area contributed by atoms with E-state index in [9.17, 15) is 0 Å². The summed E-state index contributed by atoms with van der Waals surface area (Å²) in [4.78, 5) is 11.2. The normalized spacial score (nSPS) is 17.9. The summed E-state index contributed by atoms with van der Waals surface area (Å²) in [5.41, 5.74) is 3.75. The number of anilines is 1. The molecule has 4 heterocycles. The molecule has 1 N–H and O–H groups in total. The van der Waals surface area contributed by atoms with Gasteiger partial charge in [0.25, 0.3) is 0 Å². The molecule has 1 atom stereocenters. The van der Waals surface area contributed by atoms with Crippen LogP contribution < -0.4 is 15.0 Å². The van der Waals surface area contributed by atoms with E-state index in [0.29, 0.717) is 11.9 Å². The van der Waals surface area contributed by atoms with Crippen LogP contribution in [0.5, 0.6) is 5.88 Å². The van der Waals surface area contributed by atoms with E-state index in [1.165, 1.54) is 0 Å². The maximum absolute atomic E-state index is 5.26. The van der Waals surface area contributed by atoms with Gasteiger partial charge in [-0.3, -0.25) is 0 Å². The van der Waals surface area contributed by atoms with Gasteiger partial charge in [0.1, 0.15) is 5.82 Å². The Morgan fingerprint density at radius 3 is 2.96 bits per heavy atom. The summed E-state index contributed by atoms with van der Waals surface area (Å²) in [7, 11) is 1.62. The van der Waals surface area contributed by atoms with Gasteiger partial charge in [0.2, 0.25) is 5.88 Å². The Balaban J connectivity index is 1.81. The Bertz CT molecular complexity index is 906. The smallest absolute Gasteiger partial charge is 0.213 e. The number of nitrogens with one attached hydrogen (secondary N) is 1. The Morgan fingerprint density at radius 2 is 2.16 bits per heavy atom. The molecule has 1 aliphatic rings. The third-order valence-corrected chi connectivity index (χ3v) is 4.55. The van der Waals surface area contributed by atoms with E-state index < -0.39 is 0 Å². The Hall–Kier alpha value is -2.67. The fourth-order valence-corrected chi connectivity index (χ4v) is 3.34. The lowest BCUT2D eigenvalue weighted by atomic mass is 10.1. The average Bonchev–Trinajstić information content (AvgIpc) is 2.96. The predicted molar refractivity (Wildman–Crippen MR) is 97.2 cm³/mol. The molecule has 1 aliphatic heterocycles. The lowest BCUT2D eigenvalue weighted by Crippen LogP contribution is -2.49. The third-order valence-electron chi connectivity index (χ3n) is 4.55. The van der Waals surface area contributed by atoms with E-state index in [4.69, 9.17) is 9.84 Å². The molecule has 25 heavy (non-hydrogen) atoms. The zero-order valence-corrected chi connectivity index (χ0v) is 14.7. The van der Waals surface area contributed by atoms with Crippen LogP contribution in [0, 0.1) is 6.92 Å². The van der Waals surface area contributed by atoms with Crippen LogP contribution in [0.25, 0.3) is 16.9 Å². The minimum absolute atomic E-state index is 0.458. The number of methoxy groups -OCH3 is 1. The summed E-state index contributed by atoms with van der Waals surface area (Å²) in [6.45, 7) is 7.07. The first kappa shape index (κ1) is 15.8. The molecule has 1 saturated heterocycles. The zero-order valence-electron chi connectivity index (χ0n) is 14.7. The van der Waals surface area contributed by atoms with Crippen LogP contribution in [0.2, 0.25) is 0 Å². The monoisotopic (exact) mass is 338 g/mol. The molecule has 0 spiro atoms. The van der Waals surface area contributed by atoms with Crippen molar-refractivity contribution < 1.29 is 4.74 Å². The Labute approximate surface area is 146 Å². The second kappa shape index (κ2) is 6.33. The number of rotatable bonds is 3. The molecular formula is C18H22N6O. The number of pyridine rings is 1. The lowest BCUT2D eigenvalue weighted by molar-refractivity contribution is 0.398. The van der Waals surface area contributed by atoms with Gasteiger partial charge in [-0.1, -0.05) is 0 Å². The van der Waals surface area contributed by atoms with Crippen molar-refractivity contribution in [2.24, 2.45) is 0 Å². The van der Waals surface area contributed by atoms with Gasteiger partial charge >= 0.3 is 0 Å². The average molecular weight is 338 g/mol. The molecule has 130 valence electrons. The van der Waals surface area contributed by atoms with Gasteiger partial charge in [0.05, 0.1) is 18.5 Å². The summed E-state index contributed by atoms with van der Waals surface area (Å²) in [6, 6.07) is 8.41. The van der Waals surface area contributed by atoms with E-state index >= 15 is 0 Å². The highest BCUT2D eigenvalue weighted by molar-refractivity contribution is 5.67. The SMILES string of the molecule is COc1cc(-c2c(C)nc3ccc(N4CCNC(C)C4)nn23)ccn1. The number of aryl methyl sites for hydroxylation is 1. The largest absolute Gasteiger partial charge is 0.481 e. The molecular weight excluding hydrogens is 316 g/mol. The van der Waals surface area contributed by atoms with Gasteiger partial charge in [-0.05, 0) is 32.0 Å². The van der Waals surface area contributed by atoms with Gasteiger partial charge in [-0.2, -0.15) is 0 Å². The van der Waals surface area contributed by atoms with E-state index in [0.717, 1.165) is 48.1 Å². The third kappa shape index (κ3) is 2.91. The second-order valence-electron chi connectivity index (χ2n) is 6.40. The predicted octanol–water partition coefficient (Wildman–Crippen LogP) is 1.91. The van der Waals surface area contributed by atoms with Crippen molar-refractivity contribution in [1.82, 2.24) is 24.9 Å². The van der Waals surface area contributed by atoms with Crippen LogP contribution in [-0.4, -0.2) is 52.4 Å². The molecule has 4 rings (SSSR count). The number of hydrogen-bond donors (Lipinski definition) is 1. The van der Waals surface area contributed by atoms with E-state index in [2.05, 4.69) is 33.2 Å². The van der Waals surface area contributed by atoms with Gasteiger partial charge in [-0.15, -0.1) is 5.10 Å². The van der Waals surface area contributed by atoms with Crippen LogP contribution in [0.3, 0.4) is 0 Å². The van der Waals surface area contributed by atoms with Gasteiger partial charge in [-0.25, -0.2) is 14.5 Å². The molecule has 7 nitrogen and oxygen atoms in total. The fraction of sp³-hybridized carbons (Fsp3) is 0.389. The topological polar surface area (TPSA) is 67.6 Å². The van der Waals surface area contributed by atoms with Crippen molar-refractivity contribution in [2.75, 3.05) is 31.6 Å². The fourth-order valence-electron chi connectivity index (χ4n) is 3.34. The van der Waals surface area contributed by atoms with E-state index in [-0.39, 0.29) is 0 Å². The quantitative estimate of drug-likeness (QED) is 0.787. The highest BCUT2D eigenvalue weighted by atomic mass is 16.5. The second-order valence-corrected chi connectivity index (χ2v) is 6.40. The highest BCUT2D eigenvalue weighted by Gasteiger charge is 2.19. The summed E-state index contributed by atoms with van der Waals surface area (Å²) >= 11 is 0. The van der Waals surface area contributed by atoms with Crippen molar-refractivity contribution in [3.8, 4) is 17.1 Å². The van der Waals surface area contributed by atoms with Gasteiger partial charge in [0, 0.05) is 43.5 Å². The maximum atomic E-state index is 5.26. The minimum atomic E-state index is 0.458. The number of hydrogen-bond acceptors (Lipinski definition) is 6. The number of piperazine rings is 1. The molecule has 1 unspecified atom stereocenters. The molecule has 3 aromatic heterocycles. The molecule has 0 amide bonds. The first-order chi connectivity index (χ1) is 12.2. The van der Waals surface area contributed by atoms with Crippen LogP contribution >= 0.6 is 0 Å². The van der Waals surface area contributed by atoms with Crippen LogP contribution in [0.4, 0.5) is 5.82 Å².